The van der Waals surface area contributed by atoms with Crippen LogP contribution >= 0.6 is 15.9 Å². The third-order valence-corrected chi connectivity index (χ3v) is 2.97. The molecule has 0 amide bonds. The molecule has 0 fully saturated rings. The summed E-state index contributed by atoms with van der Waals surface area (Å²) in [6.07, 6.45) is -2.86. The maximum Gasteiger partial charge on any atom is 0.389 e. The van der Waals surface area contributed by atoms with Gasteiger partial charge in [0.1, 0.15) is 5.75 Å². The van der Waals surface area contributed by atoms with E-state index in [1.165, 1.54) is 6.08 Å². The summed E-state index contributed by atoms with van der Waals surface area (Å²) >= 11 is 3.24. The first-order valence-electron chi connectivity index (χ1n) is 5.68. The summed E-state index contributed by atoms with van der Waals surface area (Å²) in [4.78, 5) is 10.4. The van der Waals surface area contributed by atoms with E-state index in [0.717, 1.165) is 6.08 Å². The highest BCUT2D eigenvalue weighted by Gasteiger charge is 2.26. The Balaban J connectivity index is 2.59. The highest BCUT2D eigenvalue weighted by molar-refractivity contribution is 9.10. The van der Waals surface area contributed by atoms with Crippen molar-refractivity contribution in [2.24, 2.45) is 0 Å². The highest BCUT2D eigenvalue weighted by atomic mass is 79.9. The standard InChI is InChI=1S/C13H12BrF3O3/c14-11-4-3-10(8-9(11)2-5-12(18)19)20-7-1-6-13(15,16)17/h2-5,8H,1,6-7H2,(H,18,19)/b5-2+. The Morgan fingerprint density at radius 2 is 2.10 bits per heavy atom. The molecular weight excluding hydrogens is 341 g/mol. The summed E-state index contributed by atoms with van der Waals surface area (Å²) in [6.45, 7) is -0.0524. The first-order valence-corrected chi connectivity index (χ1v) is 6.47. The third kappa shape index (κ3) is 6.60. The predicted molar refractivity (Wildman–Crippen MR) is 71.6 cm³/mol. The largest absolute Gasteiger partial charge is 0.494 e. The van der Waals surface area contributed by atoms with Crippen LogP contribution in [0.5, 0.6) is 5.75 Å². The summed E-state index contributed by atoms with van der Waals surface area (Å²) in [5.74, 6) is -0.700. The molecule has 110 valence electrons. The molecule has 0 aliphatic carbocycles. The fourth-order valence-corrected chi connectivity index (χ4v) is 1.74. The molecule has 0 spiro atoms. The molecule has 0 aromatic heterocycles. The van der Waals surface area contributed by atoms with Crippen molar-refractivity contribution in [3.63, 3.8) is 0 Å². The predicted octanol–water partition coefficient (Wildman–Crippen LogP) is 4.27. The van der Waals surface area contributed by atoms with Crippen molar-refractivity contribution in [2.45, 2.75) is 19.0 Å². The Morgan fingerprint density at radius 3 is 2.70 bits per heavy atom. The lowest BCUT2D eigenvalue weighted by atomic mass is 10.2. The van der Waals surface area contributed by atoms with E-state index in [4.69, 9.17) is 9.84 Å². The number of hydrogen-bond acceptors (Lipinski definition) is 2. The van der Waals surface area contributed by atoms with Gasteiger partial charge in [-0.15, -0.1) is 0 Å². The molecule has 0 aliphatic rings. The monoisotopic (exact) mass is 352 g/mol. The lowest BCUT2D eigenvalue weighted by molar-refractivity contribution is -0.136. The second-order valence-corrected chi connectivity index (χ2v) is 4.78. The van der Waals surface area contributed by atoms with Crippen LogP contribution in [-0.4, -0.2) is 23.9 Å². The molecule has 0 unspecified atom stereocenters. The summed E-state index contributed by atoms with van der Waals surface area (Å²) in [5, 5.41) is 8.54. The topological polar surface area (TPSA) is 46.5 Å². The van der Waals surface area contributed by atoms with Crippen LogP contribution in [0.25, 0.3) is 6.08 Å². The third-order valence-electron chi connectivity index (χ3n) is 2.25. The Bertz CT molecular complexity index is 498. The van der Waals surface area contributed by atoms with Crippen molar-refractivity contribution in [1.82, 2.24) is 0 Å². The SMILES string of the molecule is O=C(O)/C=C/c1cc(OCCCC(F)(F)F)ccc1Br. The van der Waals surface area contributed by atoms with E-state index in [-0.39, 0.29) is 13.0 Å². The van der Waals surface area contributed by atoms with E-state index >= 15 is 0 Å². The molecule has 0 bridgehead atoms. The molecule has 1 rings (SSSR count). The highest BCUT2D eigenvalue weighted by Crippen LogP contribution is 2.25. The van der Waals surface area contributed by atoms with Crippen LogP contribution in [0.15, 0.2) is 28.7 Å². The van der Waals surface area contributed by atoms with Crippen LogP contribution in [0, 0.1) is 0 Å². The lowest BCUT2D eigenvalue weighted by Gasteiger charge is -2.09. The molecule has 1 N–H and O–H groups in total. The number of carboxylic acids is 1. The molecule has 0 heterocycles. The van der Waals surface area contributed by atoms with Crippen molar-refractivity contribution in [3.8, 4) is 5.75 Å². The minimum Gasteiger partial charge on any atom is -0.494 e. The number of carboxylic acid groups (broad SMARTS) is 1. The van der Waals surface area contributed by atoms with Crippen LogP contribution < -0.4 is 4.74 Å². The van der Waals surface area contributed by atoms with Gasteiger partial charge in [0.2, 0.25) is 0 Å². The summed E-state index contributed by atoms with van der Waals surface area (Å²) < 4.78 is 41.7. The molecule has 1 aromatic carbocycles. The summed E-state index contributed by atoms with van der Waals surface area (Å²) in [5.41, 5.74) is 0.570. The molecule has 0 radical (unpaired) electrons. The minimum absolute atomic E-state index is 0.0524. The van der Waals surface area contributed by atoms with Crippen molar-refractivity contribution in [3.05, 3.63) is 34.3 Å². The van der Waals surface area contributed by atoms with E-state index in [2.05, 4.69) is 15.9 Å². The molecule has 0 atom stereocenters. The smallest absolute Gasteiger partial charge is 0.389 e. The van der Waals surface area contributed by atoms with Gasteiger partial charge in [-0.25, -0.2) is 4.79 Å². The molecule has 0 saturated heterocycles. The Hall–Kier alpha value is -1.50. The van der Waals surface area contributed by atoms with E-state index in [0.29, 0.717) is 15.8 Å². The van der Waals surface area contributed by atoms with Crippen LogP contribution in [0.2, 0.25) is 0 Å². The van der Waals surface area contributed by atoms with Crippen LogP contribution in [0.4, 0.5) is 13.2 Å². The van der Waals surface area contributed by atoms with Gasteiger partial charge >= 0.3 is 12.1 Å². The van der Waals surface area contributed by atoms with Gasteiger partial charge in [0.15, 0.2) is 0 Å². The van der Waals surface area contributed by atoms with Crippen molar-refractivity contribution < 1.29 is 27.8 Å². The van der Waals surface area contributed by atoms with Crippen molar-refractivity contribution in [2.75, 3.05) is 6.61 Å². The second kappa shape index (κ2) is 7.33. The second-order valence-electron chi connectivity index (χ2n) is 3.92. The Labute approximate surface area is 122 Å². The zero-order valence-corrected chi connectivity index (χ0v) is 11.9. The van der Waals surface area contributed by atoms with E-state index in [1.54, 1.807) is 18.2 Å². The minimum atomic E-state index is -4.18. The van der Waals surface area contributed by atoms with E-state index in [9.17, 15) is 18.0 Å². The fraction of sp³-hybridized carbons (Fsp3) is 0.308. The van der Waals surface area contributed by atoms with Gasteiger partial charge in [0.25, 0.3) is 0 Å². The van der Waals surface area contributed by atoms with Gasteiger partial charge in [-0.3, -0.25) is 0 Å². The Morgan fingerprint density at radius 1 is 1.40 bits per heavy atom. The number of rotatable bonds is 6. The maximum absolute atomic E-state index is 11.9. The van der Waals surface area contributed by atoms with Gasteiger partial charge in [-0.2, -0.15) is 13.2 Å². The maximum atomic E-state index is 11.9. The summed E-state index contributed by atoms with van der Waals surface area (Å²) in [7, 11) is 0. The molecule has 3 nitrogen and oxygen atoms in total. The van der Waals surface area contributed by atoms with Crippen LogP contribution in [0.3, 0.4) is 0 Å². The van der Waals surface area contributed by atoms with Gasteiger partial charge < -0.3 is 9.84 Å². The van der Waals surface area contributed by atoms with Gasteiger partial charge in [0.05, 0.1) is 6.61 Å². The number of alkyl halides is 3. The van der Waals surface area contributed by atoms with E-state index in [1.807, 2.05) is 0 Å². The first-order chi connectivity index (χ1) is 9.28. The van der Waals surface area contributed by atoms with Gasteiger partial charge in [0, 0.05) is 17.0 Å². The number of carbonyl (C=O) groups is 1. The van der Waals surface area contributed by atoms with Crippen molar-refractivity contribution in [1.29, 1.82) is 0 Å². The molecule has 20 heavy (non-hydrogen) atoms. The number of ether oxygens (including phenoxy) is 1. The number of halogens is 4. The van der Waals surface area contributed by atoms with Gasteiger partial charge in [-0.1, -0.05) is 15.9 Å². The lowest BCUT2D eigenvalue weighted by Crippen LogP contribution is -2.09. The fourth-order valence-electron chi connectivity index (χ4n) is 1.36. The van der Waals surface area contributed by atoms with Crippen LogP contribution in [-0.2, 0) is 4.79 Å². The molecule has 1 aromatic rings. The molecule has 0 saturated carbocycles. The summed E-state index contributed by atoms with van der Waals surface area (Å²) in [6, 6.07) is 4.79. The average molecular weight is 353 g/mol. The Kier molecular flexibility index (Phi) is 6.06. The first kappa shape index (κ1) is 16.6. The molecule has 7 heteroatoms. The average Bonchev–Trinajstić information content (AvgIpc) is 2.33. The zero-order chi connectivity index (χ0) is 15.2. The van der Waals surface area contributed by atoms with E-state index < -0.39 is 18.6 Å². The number of hydrogen-bond donors (Lipinski definition) is 1. The van der Waals surface area contributed by atoms with Crippen molar-refractivity contribution >= 4 is 28.0 Å². The zero-order valence-electron chi connectivity index (χ0n) is 10.3. The van der Waals surface area contributed by atoms with Crippen LogP contribution in [0.1, 0.15) is 18.4 Å². The number of benzene rings is 1. The normalized spacial score (nSPS) is 11.8. The van der Waals surface area contributed by atoms with Gasteiger partial charge in [-0.05, 0) is 36.3 Å². The molecule has 0 aliphatic heterocycles. The quantitative estimate of drug-likeness (QED) is 0.614. The molecular formula is C13H12BrF3O3. The number of aliphatic carboxylic acids is 1.